The van der Waals surface area contributed by atoms with Crippen LogP contribution in [0, 0.1) is 5.82 Å². The highest BCUT2D eigenvalue weighted by Gasteiger charge is 2.40. The number of H-pyrrole nitrogens is 1. The predicted molar refractivity (Wildman–Crippen MR) is 104 cm³/mol. The minimum atomic E-state index is -5.04. The molecule has 3 heterocycles. The molecule has 1 aliphatic rings. The zero-order chi connectivity index (χ0) is 22.9. The molecule has 0 spiro atoms. The van der Waals surface area contributed by atoms with Crippen molar-refractivity contribution in [2.24, 2.45) is 0 Å². The summed E-state index contributed by atoms with van der Waals surface area (Å²) in [6.07, 6.45) is -3.80. The van der Waals surface area contributed by atoms with E-state index in [1.54, 1.807) is 29.7 Å². The van der Waals surface area contributed by atoms with Crippen molar-refractivity contribution in [3.63, 3.8) is 0 Å². The Morgan fingerprint density at radius 1 is 1.25 bits per heavy atom. The Bertz CT molecular complexity index is 1150. The minimum Gasteiger partial charge on any atom is -0.442 e. The maximum atomic E-state index is 14.9. The summed E-state index contributed by atoms with van der Waals surface area (Å²) in [5.41, 5.74) is 1.91. The Hall–Kier alpha value is -3.96. The van der Waals surface area contributed by atoms with Crippen LogP contribution in [0.15, 0.2) is 48.8 Å². The number of halogens is 4. The number of hydrogen-bond acceptors (Lipinski definition) is 5. The minimum absolute atomic E-state index is 0.153. The zero-order valence-corrected chi connectivity index (χ0v) is 16.2. The number of cyclic esters (lactones) is 1. The van der Waals surface area contributed by atoms with Crippen molar-refractivity contribution in [1.82, 2.24) is 20.5 Å². The predicted octanol–water partition coefficient (Wildman–Crippen LogP) is 3.28. The van der Waals surface area contributed by atoms with Gasteiger partial charge < -0.3 is 10.1 Å². The number of anilines is 1. The molecule has 1 atom stereocenters. The summed E-state index contributed by atoms with van der Waals surface area (Å²) in [5.74, 6) is -2.80. The van der Waals surface area contributed by atoms with Crippen LogP contribution in [0.1, 0.15) is 0 Å². The van der Waals surface area contributed by atoms with E-state index in [2.05, 4.69) is 15.2 Å². The molecule has 8 nitrogen and oxygen atoms in total. The Kier molecular flexibility index (Phi) is 5.51. The van der Waals surface area contributed by atoms with E-state index in [-0.39, 0.29) is 17.8 Å². The number of benzene rings is 1. The lowest BCUT2D eigenvalue weighted by Crippen LogP contribution is -2.41. The molecule has 1 aliphatic heterocycles. The van der Waals surface area contributed by atoms with Gasteiger partial charge in [0, 0.05) is 17.3 Å². The average molecular weight is 449 g/mol. The van der Waals surface area contributed by atoms with Crippen LogP contribution in [-0.4, -0.2) is 52.6 Å². The smallest absolute Gasteiger partial charge is 0.442 e. The molecule has 0 aliphatic carbocycles. The molecule has 1 fully saturated rings. The number of alkyl halides is 3. The fourth-order valence-electron chi connectivity index (χ4n) is 3.23. The van der Waals surface area contributed by atoms with Crippen molar-refractivity contribution in [2.45, 2.75) is 12.3 Å². The summed E-state index contributed by atoms with van der Waals surface area (Å²) in [6.45, 7) is -0.679. The molecule has 0 radical (unpaired) electrons. The Morgan fingerprint density at radius 2 is 2.06 bits per heavy atom. The average Bonchev–Trinajstić information content (AvgIpc) is 3.38. The van der Waals surface area contributed by atoms with E-state index < -0.39 is 36.6 Å². The molecule has 2 N–H and O–H groups in total. The second-order valence-electron chi connectivity index (χ2n) is 6.86. The number of amides is 2. The van der Waals surface area contributed by atoms with Gasteiger partial charge in [-0.2, -0.15) is 18.3 Å². The first-order valence-electron chi connectivity index (χ1n) is 9.32. The highest BCUT2D eigenvalue weighted by molar-refractivity contribution is 5.90. The third kappa shape index (κ3) is 4.24. The Labute approximate surface area is 178 Å². The fourth-order valence-corrected chi connectivity index (χ4v) is 3.23. The number of nitrogens with zero attached hydrogens (tertiary/aromatic N) is 3. The molecule has 0 bridgehead atoms. The van der Waals surface area contributed by atoms with Crippen molar-refractivity contribution in [2.75, 3.05) is 18.0 Å². The van der Waals surface area contributed by atoms with Gasteiger partial charge in [-0.25, -0.2) is 9.18 Å². The molecule has 3 aromatic rings. The summed E-state index contributed by atoms with van der Waals surface area (Å²) in [4.78, 5) is 28.3. The number of aromatic nitrogens is 3. The van der Waals surface area contributed by atoms with E-state index in [0.29, 0.717) is 17.0 Å². The zero-order valence-electron chi connectivity index (χ0n) is 16.2. The first-order valence-corrected chi connectivity index (χ1v) is 9.32. The van der Waals surface area contributed by atoms with E-state index in [4.69, 9.17) is 4.74 Å². The highest BCUT2D eigenvalue weighted by atomic mass is 19.4. The van der Waals surface area contributed by atoms with Crippen molar-refractivity contribution >= 4 is 17.7 Å². The van der Waals surface area contributed by atoms with E-state index in [1.165, 1.54) is 18.3 Å². The van der Waals surface area contributed by atoms with E-state index >= 15 is 0 Å². The van der Waals surface area contributed by atoms with Crippen LogP contribution in [0.4, 0.5) is 28.0 Å². The molecule has 32 heavy (non-hydrogen) atoms. The van der Waals surface area contributed by atoms with Crippen molar-refractivity contribution in [3.8, 4) is 22.5 Å². The molecular formula is C20H15F4N5O3. The maximum Gasteiger partial charge on any atom is 0.471 e. The monoisotopic (exact) mass is 449 g/mol. The van der Waals surface area contributed by atoms with Gasteiger partial charge in [0.05, 0.1) is 36.4 Å². The molecule has 2 aromatic heterocycles. The Balaban J connectivity index is 1.51. The van der Waals surface area contributed by atoms with Gasteiger partial charge in [0.15, 0.2) is 0 Å². The lowest BCUT2D eigenvalue weighted by atomic mass is 10.0. The second-order valence-corrected chi connectivity index (χ2v) is 6.86. The van der Waals surface area contributed by atoms with Crippen LogP contribution >= 0.6 is 0 Å². The number of pyridine rings is 1. The van der Waals surface area contributed by atoms with Gasteiger partial charge in [-0.05, 0) is 30.3 Å². The molecule has 12 heteroatoms. The molecule has 1 saturated heterocycles. The molecule has 1 aromatic carbocycles. The summed E-state index contributed by atoms with van der Waals surface area (Å²) in [7, 11) is 0. The third-order valence-electron chi connectivity index (χ3n) is 4.74. The van der Waals surface area contributed by atoms with Crippen LogP contribution in [0.3, 0.4) is 0 Å². The SMILES string of the molecule is O=C1OC(CNC(=O)C(F)(F)F)CN1c1ccc(-c2[nH]ncc2-c2ccccn2)c(F)c1. The number of ether oxygens (including phenoxy) is 1. The van der Waals surface area contributed by atoms with Gasteiger partial charge in [-0.3, -0.25) is 19.8 Å². The third-order valence-corrected chi connectivity index (χ3v) is 4.74. The standard InChI is InChI=1S/C20H15F4N5O3/c21-15-7-11(29-10-12(32-19(29)31)8-26-18(30)20(22,23)24)4-5-13(15)17-14(9-27-28-17)16-3-1-2-6-25-16/h1-7,9,12H,8,10H2,(H,26,30)(H,27,28). The van der Waals surface area contributed by atoms with Gasteiger partial charge >= 0.3 is 18.2 Å². The Morgan fingerprint density at radius 3 is 2.75 bits per heavy atom. The van der Waals surface area contributed by atoms with Gasteiger partial charge in [0.1, 0.15) is 11.9 Å². The number of nitrogens with one attached hydrogen (secondary N) is 2. The van der Waals surface area contributed by atoms with Gasteiger partial charge in [-0.1, -0.05) is 6.07 Å². The number of carbonyl (C=O) groups is 2. The van der Waals surface area contributed by atoms with Crippen molar-refractivity contribution < 1.29 is 31.9 Å². The molecule has 0 saturated carbocycles. The quantitative estimate of drug-likeness (QED) is 0.583. The summed E-state index contributed by atoms with van der Waals surface area (Å²) >= 11 is 0. The fraction of sp³-hybridized carbons (Fsp3) is 0.200. The van der Waals surface area contributed by atoms with Crippen molar-refractivity contribution in [1.29, 1.82) is 0 Å². The van der Waals surface area contributed by atoms with Crippen LogP contribution < -0.4 is 10.2 Å². The molecule has 166 valence electrons. The van der Waals surface area contributed by atoms with Crippen LogP contribution in [-0.2, 0) is 9.53 Å². The molecule has 2 amide bonds. The van der Waals surface area contributed by atoms with Crippen LogP contribution in [0.5, 0.6) is 0 Å². The molecular weight excluding hydrogens is 434 g/mol. The summed E-state index contributed by atoms with van der Waals surface area (Å²) in [5, 5.41) is 8.36. The van der Waals surface area contributed by atoms with E-state index in [9.17, 15) is 27.2 Å². The van der Waals surface area contributed by atoms with E-state index in [0.717, 1.165) is 11.0 Å². The van der Waals surface area contributed by atoms with Crippen LogP contribution in [0.25, 0.3) is 22.5 Å². The number of hydrogen-bond donors (Lipinski definition) is 2. The van der Waals surface area contributed by atoms with Gasteiger partial charge in [0.2, 0.25) is 0 Å². The molecule has 1 unspecified atom stereocenters. The molecule has 4 rings (SSSR count). The topological polar surface area (TPSA) is 100 Å². The maximum absolute atomic E-state index is 14.9. The first kappa shape index (κ1) is 21.3. The van der Waals surface area contributed by atoms with Gasteiger partial charge in [-0.15, -0.1) is 0 Å². The normalized spacial score (nSPS) is 16.2. The number of rotatable bonds is 5. The first-order chi connectivity index (χ1) is 15.2. The summed E-state index contributed by atoms with van der Waals surface area (Å²) < 4.78 is 56.8. The number of carbonyl (C=O) groups excluding carboxylic acids is 2. The van der Waals surface area contributed by atoms with E-state index in [1.807, 2.05) is 0 Å². The van der Waals surface area contributed by atoms with Crippen LogP contribution in [0.2, 0.25) is 0 Å². The lowest BCUT2D eigenvalue weighted by Gasteiger charge is -2.15. The largest absolute Gasteiger partial charge is 0.471 e. The summed E-state index contributed by atoms with van der Waals surface area (Å²) in [6, 6.07) is 9.30. The number of aromatic amines is 1. The highest BCUT2D eigenvalue weighted by Crippen LogP contribution is 2.33. The van der Waals surface area contributed by atoms with Gasteiger partial charge in [0.25, 0.3) is 0 Å². The van der Waals surface area contributed by atoms with Crippen molar-refractivity contribution in [3.05, 3.63) is 54.6 Å². The second kappa shape index (κ2) is 8.29. The lowest BCUT2D eigenvalue weighted by molar-refractivity contribution is -0.173.